The highest BCUT2D eigenvalue weighted by Gasteiger charge is 2.23. The molecule has 1 atom stereocenters. The number of hydrogen-bond donors (Lipinski definition) is 2. The average molecular weight is 256 g/mol. The fourth-order valence-corrected chi connectivity index (χ4v) is 2.50. The Morgan fingerprint density at radius 1 is 1.37 bits per heavy atom. The molecule has 0 radical (unpaired) electrons. The number of urea groups is 1. The number of benzene rings is 1. The normalized spacial score (nSPS) is 17.0. The van der Waals surface area contributed by atoms with Gasteiger partial charge >= 0.3 is 6.03 Å². The van der Waals surface area contributed by atoms with E-state index in [4.69, 9.17) is 0 Å². The summed E-state index contributed by atoms with van der Waals surface area (Å²) in [6, 6.07) is 9.90. The zero-order chi connectivity index (χ0) is 13.2. The largest absolute Gasteiger partial charge is 0.331 e. The summed E-state index contributed by atoms with van der Waals surface area (Å²) in [5, 5.41) is 9.85. The molecule has 0 spiro atoms. The lowest BCUT2D eigenvalue weighted by Gasteiger charge is -2.14. The molecule has 0 aliphatic heterocycles. The third-order valence-electron chi connectivity index (χ3n) is 3.39. The van der Waals surface area contributed by atoms with Crippen LogP contribution in [0.15, 0.2) is 36.5 Å². The molecule has 2 N–H and O–H groups in total. The molecule has 1 aromatic heterocycles. The number of rotatable bonds is 2. The highest BCUT2D eigenvalue weighted by atomic mass is 16.2. The summed E-state index contributed by atoms with van der Waals surface area (Å²) < 4.78 is 1.65. The molecule has 19 heavy (non-hydrogen) atoms. The van der Waals surface area contributed by atoms with Crippen LogP contribution in [0, 0.1) is 0 Å². The second-order valence-electron chi connectivity index (χ2n) is 4.76. The van der Waals surface area contributed by atoms with E-state index in [9.17, 15) is 4.79 Å². The van der Waals surface area contributed by atoms with Crippen molar-refractivity contribution in [3.63, 3.8) is 0 Å². The van der Waals surface area contributed by atoms with Crippen LogP contribution in [-0.2, 0) is 13.5 Å². The van der Waals surface area contributed by atoms with Gasteiger partial charge in [-0.1, -0.05) is 24.3 Å². The number of aryl methyl sites for hydroxylation is 2. The first kappa shape index (κ1) is 11.8. The van der Waals surface area contributed by atoms with Gasteiger partial charge in [0.1, 0.15) is 0 Å². The number of carbonyl (C=O) groups is 1. The van der Waals surface area contributed by atoms with E-state index in [0.717, 1.165) is 12.8 Å². The zero-order valence-electron chi connectivity index (χ0n) is 10.8. The van der Waals surface area contributed by atoms with E-state index < -0.39 is 0 Å². The minimum absolute atomic E-state index is 0.0971. The van der Waals surface area contributed by atoms with Crippen LogP contribution >= 0.6 is 0 Å². The van der Waals surface area contributed by atoms with Crippen molar-refractivity contribution in [3.8, 4) is 0 Å². The molecule has 2 amide bonds. The van der Waals surface area contributed by atoms with Crippen molar-refractivity contribution in [2.24, 2.45) is 7.05 Å². The minimum Gasteiger partial charge on any atom is -0.331 e. The topological polar surface area (TPSA) is 59.0 Å². The van der Waals surface area contributed by atoms with Crippen LogP contribution in [-0.4, -0.2) is 15.8 Å². The van der Waals surface area contributed by atoms with Crippen molar-refractivity contribution in [3.05, 3.63) is 47.7 Å². The van der Waals surface area contributed by atoms with Gasteiger partial charge in [-0.25, -0.2) is 4.79 Å². The predicted molar refractivity (Wildman–Crippen MR) is 72.9 cm³/mol. The van der Waals surface area contributed by atoms with E-state index in [1.165, 1.54) is 11.1 Å². The Labute approximate surface area is 111 Å². The highest BCUT2D eigenvalue weighted by molar-refractivity contribution is 5.88. The van der Waals surface area contributed by atoms with Crippen molar-refractivity contribution in [1.29, 1.82) is 0 Å². The third kappa shape index (κ3) is 2.45. The maximum absolute atomic E-state index is 11.9. The summed E-state index contributed by atoms with van der Waals surface area (Å²) in [5.41, 5.74) is 2.55. The standard InChI is InChI=1S/C14H16N4O/c1-18-9-8-13(17-18)16-14(19)15-12-7-6-10-4-2-3-5-11(10)12/h2-5,8-9,12H,6-7H2,1H3,(H2,15,16,17,19). The van der Waals surface area contributed by atoms with Crippen LogP contribution in [0.25, 0.3) is 0 Å². The number of amides is 2. The molecule has 1 aliphatic carbocycles. The molecule has 0 saturated heterocycles. The fraction of sp³-hybridized carbons (Fsp3) is 0.286. The monoisotopic (exact) mass is 256 g/mol. The quantitative estimate of drug-likeness (QED) is 0.865. The summed E-state index contributed by atoms with van der Waals surface area (Å²) in [6.07, 6.45) is 3.76. The first-order valence-corrected chi connectivity index (χ1v) is 6.37. The van der Waals surface area contributed by atoms with E-state index in [-0.39, 0.29) is 12.1 Å². The Morgan fingerprint density at radius 2 is 2.21 bits per heavy atom. The number of carbonyl (C=O) groups excluding carboxylic acids is 1. The SMILES string of the molecule is Cn1ccc(NC(=O)NC2CCc3ccccc32)n1. The summed E-state index contributed by atoms with van der Waals surface area (Å²) in [7, 11) is 1.82. The van der Waals surface area contributed by atoms with Crippen molar-refractivity contribution in [1.82, 2.24) is 15.1 Å². The first-order chi connectivity index (χ1) is 9.22. The van der Waals surface area contributed by atoms with Gasteiger partial charge in [-0.3, -0.25) is 10.00 Å². The van der Waals surface area contributed by atoms with Crippen LogP contribution < -0.4 is 10.6 Å². The Balaban J connectivity index is 1.65. The molecule has 1 aromatic carbocycles. The first-order valence-electron chi connectivity index (χ1n) is 6.37. The lowest BCUT2D eigenvalue weighted by atomic mass is 10.1. The smallest absolute Gasteiger partial charge is 0.320 e. The van der Waals surface area contributed by atoms with Crippen molar-refractivity contribution < 1.29 is 4.79 Å². The molecular weight excluding hydrogens is 240 g/mol. The summed E-state index contributed by atoms with van der Waals surface area (Å²) >= 11 is 0. The minimum atomic E-state index is -0.208. The second-order valence-corrected chi connectivity index (χ2v) is 4.76. The molecule has 98 valence electrons. The molecule has 0 fully saturated rings. The summed E-state index contributed by atoms with van der Waals surface area (Å²) in [4.78, 5) is 11.9. The molecular formula is C14H16N4O. The highest BCUT2D eigenvalue weighted by Crippen LogP contribution is 2.30. The number of nitrogens with zero attached hydrogens (tertiary/aromatic N) is 2. The third-order valence-corrected chi connectivity index (χ3v) is 3.39. The van der Waals surface area contributed by atoms with Crippen molar-refractivity contribution in [2.75, 3.05) is 5.32 Å². The summed E-state index contributed by atoms with van der Waals surface area (Å²) in [6.45, 7) is 0. The van der Waals surface area contributed by atoms with Gasteiger partial charge in [0, 0.05) is 19.3 Å². The Hall–Kier alpha value is -2.30. The molecule has 5 heteroatoms. The van der Waals surface area contributed by atoms with Gasteiger partial charge < -0.3 is 5.32 Å². The van der Waals surface area contributed by atoms with E-state index in [0.29, 0.717) is 5.82 Å². The van der Waals surface area contributed by atoms with Gasteiger partial charge in [0.25, 0.3) is 0 Å². The maximum Gasteiger partial charge on any atom is 0.320 e. The Morgan fingerprint density at radius 3 is 3.00 bits per heavy atom. The van der Waals surface area contributed by atoms with Gasteiger partial charge in [0.2, 0.25) is 0 Å². The average Bonchev–Trinajstić information content (AvgIpc) is 2.97. The number of hydrogen-bond acceptors (Lipinski definition) is 2. The van der Waals surface area contributed by atoms with Crippen LogP contribution in [0.5, 0.6) is 0 Å². The van der Waals surface area contributed by atoms with Crippen molar-refractivity contribution in [2.45, 2.75) is 18.9 Å². The Kier molecular flexibility index (Phi) is 2.95. The number of anilines is 1. The van der Waals surface area contributed by atoms with E-state index >= 15 is 0 Å². The maximum atomic E-state index is 11.9. The number of nitrogens with one attached hydrogen (secondary N) is 2. The van der Waals surface area contributed by atoms with E-state index in [1.54, 1.807) is 16.9 Å². The van der Waals surface area contributed by atoms with E-state index in [2.05, 4.69) is 27.9 Å². The molecule has 2 aromatic rings. The summed E-state index contributed by atoms with van der Waals surface area (Å²) in [5.74, 6) is 0.561. The van der Waals surface area contributed by atoms with Crippen LogP contribution in [0.1, 0.15) is 23.6 Å². The van der Waals surface area contributed by atoms with Gasteiger partial charge in [0.15, 0.2) is 5.82 Å². The van der Waals surface area contributed by atoms with Crippen LogP contribution in [0.3, 0.4) is 0 Å². The van der Waals surface area contributed by atoms with Crippen LogP contribution in [0.4, 0.5) is 10.6 Å². The van der Waals surface area contributed by atoms with Gasteiger partial charge in [-0.15, -0.1) is 0 Å². The van der Waals surface area contributed by atoms with E-state index in [1.807, 2.05) is 19.2 Å². The van der Waals surface area contributed by atoms with Gasteiger partial charge in [-0.2, -0.15) is 5.10 Å². The van der Waals surface area contributed by atoms with Gasteiger partial charge in [0.05, 0.1) is 6.04 Å². The predicted octanol–water partition coefficient (Wildman–Crippen LogP) is 2.23. The number of fused-ring (bicyclic) bond motifs is 1. The molecule has 5 nitrogen and oxygen atoms in total. The second kappa shape index (κ2) is 4.76. The molecule has 1 heterocycles. The molecule has 3 rings (SSSR count). The molecule has 1 unspecified atom stereocenters. The lowest BCUT2D eigenvalue weighted by molar-refractivity contribution is 0.248. The lowest BCUT2D eigenvalue weighted by Crippen LogP contribution is -2.31. The number of aromatic nitrogens is 2. The van der Waals surface area contributed by atoms with Crippen LogP contribution in [0.2, 0.25) is 0 Å². The fourth-order valence-electron chi connectivity index (χ4n) is 2.50. The van der Waals surface area contributed by atoms with Crippen molar-refractivity contribution >= 4 is 11.8 Å². The molecule has 1 aliphatic rings. The zero-order valence-corrected chi connectivity index (χ0v) is 10.8. The molecule has 0 bridgehead atoms. The van der Waals surface area contributed by atoms with Gasteiger partial charge in [-0.05, 0) is 24.0 Å². The Bertz CT molecular complexity index is 605. The molecule has 0 saturated carbocycles.